The van der Waals surface area contributed by atoms with Gasteiger partial charge >= 0.3 is 11.9 Å². The van der Waals surface area contributed by atoms with Crippen LogP contribution in [-0.2, 0) is 6.18 Å². The molecular weight excluding hydrogens is 365 g/mol. The summed E-state index contributed by atoms with van der Waals surface area (Å²) in [6.45, 7) is 0. The zero-order chi connectivity index (χ0) is 18.8. The van der Waals surface area contributed by atoms with Crippen LogP contribution in [0.4, 0.5) is 18.9 Å². The lowest BCUT2D eigenvalue weighted by Crippen LogP contribution is -2.06. The lowest BCUT2D eigenvalue weighted by Gasteiger charge is -2.13. The molecule has 0 saturated heterocycles. The van der Waals surface area contributed by atoms with Gasteiger partial charge in [-0.25, -0.2) is 0 Å². The molecule has 10 heteroatoms. The molecule has 2 aromatic carbocycles. The summed E-state index contributed by atoms with van der Waals surface area (Å²) in [5.41, 5.74) is -1.93. The molecule has 0 amide bonds. The minimum atomic E-state index is -4.74. The molecule has 0 aliphatic heterocycles. The number of hydrogen-bond acceptors (Lipinski definition) is 5. The van der Waals surface area contributed by atoms with Crippen LogP contribution in [0.1, 0.15) is 11.1 Å². The first-order valence-corrected chi connectivity index (χ1v) is 6.86. The third-order valence-corrected chi connectivity index (χ3v) is 3.33. The molecule has 25 heavy (non-hydrogen) atoms. The van der Waals surface area contributed by atoms with Gasteiger partial charge in [-0.1, -0.05) is 11.6 Å². The summed E-state index contributed by atoms with van der Waals surface area (Å²) in [7, 11) is 1.25. The van der Waals surface area contributed by atoms with Crippen LogP contribution in [0, 0.1) is 21.4 Å². The van der Waals surface area contributed by atoms with E-state index in [0.717, 1.165) is 6.07 Å². The quantitative estimate of drug-likeness (QED) is 0.560. The second-order valence-corrected chi connectivity index (χ2v) is 5.05. The average molecular weight is 373 g/mol. The van der Waals surface area contributed by atoms with Gasteiger partial charge in [-0.3, -0.25) is 10.1 Å². The van der Waals surface area contributed by atoms with Gasteiger partial charge in [-0.2, -0.15) is 18.4 Å². The van der Waals surface area contributed by atoms with E-state index in [1.807, 2.05) is 6.07 Å². The highest BCUT2D eigenvalue weighted by atomic mass is 35.5. The summed E-state index contributed by atoms with van der Waals surface area (Å²) < 4.78 is 48.5. The van der Waals surface area contributed by atoms with Crippen LogP contribution >= 0.6 is 11.6 Å². The highest BCUT2D eigenvalue weighted by Crippen LogP contribution is 2.43. The first-order chi connectivity index (χ1) is 11.7. The summed E-state index contributed by atoms with van der Waals surface area (Å²) in [5.74, 6) is -0.618. The maximum absolute atomic E-state index is 12.7. The Morgan fingerprint density at radius 1 is 1.24 bits per heavy atom. The second-order valence-electron chi connectivity index (χ2n) is 4.64. The van der Waals surface area contributed by atoms with Crippen molar-refractivity contribution in [3.8, 4) is 23.3 Å². The standard InChI is InChI=1S/C15H8ClF3N2O4/c1-24-13-5-8(7-20)4-10(16)14(13)25-12-3-2-9(15(17,18)19)6-11(12)21(22)23/h2-6H,1H3. The third-order valence-electron chi connectivity index (χ3n) is 3.05. The maximum atomic E-state index is 12.7. The predicted molar refractivity (Wildman–Crippen MR) is 80.9 cm³/mol. The van der Waals surface area contributed by atoms with E-state index >= 15 is 0 Å². The molecule has 0 spiro atoms. The van der Waals surface area contributed by atoms with E-state index in [4.69, 9.17) is 26.3 Å². The SMILES string of the molecule is COc1cc(C#N)cc(Cl)c1Oc1ccc(C(F)(F)F)cc1[N+](=O)[O-]. The van der Waals surface area contributed by atoms with Crippen molar-refractivity contribution < 1.29 is 27.6 Å². The van der Waals surface area contributed by atoms with Crippen LogP contribution in [0.3, 0.4) is 0 Å². The van der Waals surface area contributed by atoms with Crippen LogP contribution in [0.5, 0.6) is 17.2 Å². The van der Waals surface area contributed by atoms with Gasteiger partial charge in [0.25, 0.3) is 0 Å². The van der Waals surface area contributed by atoms with Crippen LogP contribution in [0.15, 0.2) is 30.3 Å². The molecule has 2 rings (SSSR count). The number of nitrogens with zero attached hydrogens (tertiary/aromatic N) is 2. The van der Waals surface area contributed by atoms with Crippen molar-refractivity contribution in [3.63, 3.8) is 0 Å². The highest BCUT2D eigenvalue weighted by molar-refractivity contribution is 6.32. The number of ether oxygens (including phenoxy) is 2. The molecule has 130 valence electrons. The smallest absolute Gasteiger partial charge is 0.416 e. The zero-order valence-electron chi connectivity index (χ0n) is 12.4. The van der Waals surface area contributed by atoms with E-state index < -0.39 is 28.1 Å². The van der Waals surface area contributed by atoms with Crippen molar-refractivity contribution in [2.45, 2.75) is 6.18 Å². The first-order valence-electron chi connectivity index (χ1n) is 6.48. The van der Waals surface area contributed by atoms with Gasteiger partial charge in [-0.05, 0) is 18.2 Å². The molecule has 2 aromatic rings. The minimum absolute atomic E-state index is 0.00162. The monoisotopic (exact) mass is 372 g/mol. The van der Waals surface area contributed by atoms with Gasteiger partial charge in [-0.15, -0.1) is 0 Å². The Balaban J connectivity index is 2.55. The van der Waals surface area contributed by atoms with Crippen molar-refractivity contribution in [2.75, 3.05) is 7.11 Å². The second kappa shape index (κ2) is 6.86. The van der Waals surface area contributed by atoms with Crippen molar-refractivity contribution >= 4 is 17.3 Å². The van der Waals surface area contributed by atoms with Gasteiger partial charge in [0.1, 0.15) is 0 Å². The van der Waals surface area contributed by atoms with Gasteiger partial charge in [0.05, 0.1) is 34.3 Å². The van der Waals surface area contributed by atoms with E-state index in [1.54, 1.807) is 0 Å². The van der Waals surface area contributed by atoms with Crippen LogP contribution in [0.2, 0.25) is 5.02 Å². The molecule has 0 aromatic heterocycles. The number of hydrogen-bond donors (Lipinski definition) is 0. The Bertz CT molecular complexity index is 878. The molecule has 0 N–H and O–H groups in total. The molecule has 0 radical (unpaired) electrons. The minimum Gasteiger partial charge on any atom is -0.493 e. The molecule has 0 aliphatic rings. The fraction of sp³-hybridized carbons (Fsp3) is 0.133. The highest BCUT2D eigenvalue weighted by Gasteiger charge is 2.33. The molecule has 0 unspecified atom stereocenters. The fourth-order valence-corrected chi connectivity index (χ4v) is 2.17. The molecule has 0 saturated carbocycles. The Hall–Kier alpha value is -2.99. The van der Waals surface area contributed by atoms with E-state index in [-0.39, 0.29) is 22.1 Å². The fourth-order valence-electron chi connectivity index (χ4n) is 1.92. The number of rotatable bonds is 4. The Kier molecular flexibility index (Phi) is 5.04. The Morgan fingerprint density at radius 2 is 1.92 bits per heavy atom. The number of benzene rings is 2. The topological polar surface area (TPSA) is 85.4 Å². The normalized spacial score (nSPS) is 10.9. The molecule has 0 fully saturated rings. The Morgan fingerprint density at radius 3 is 2.44 bits per heavy atom. The van der Waals surface area contributed by atoms with Gasteiger partial charge < -0.3 is 9.47 Å². The number of alkyl halides is 3. The first kappa shape index (κ1) is 18.4. The predicted octanol–water partition coefficient (Wildman–Crippen LogP) is 4.94. The zero-order valence-corrected chi connectivity index (χ0v) is 13.2. The summed E-state index contributed by atoms with van der Waals surface area (Å²) in [6.07, 6.45) is -4.74. The number of nitro benzene ring substituents is 1. The third kappa shape index (κ3) is 3.92. The molecular formula is C15H8ClF3N2O4. The number of nitro groups is 1. The number of halogens is 4. The molecule has 6 nitrogen and oxygen atoms in total. The summed E-state index contributed by atoms with van der Waals surface area (Å²) in [4.78, 5) is 10.1. The lowest BCUT2D eigenvalue weighted by atomic mass is 10.1. The largest absolute Gasteiger partial charge is 0.493 e. The molecule has 0 atom stereocenters. The summed E-state index contributed by atoms with van der Waals surface area (Å²) >= 11 is 5.97. The molecule has 0 aliphatic carbocycles. The van der Waals surface area contributed by atoms with E-state index in [0.29, 0.717) is 12.1 Å². The Labute approximate surface area is 144 Å². The van der Waals surface area contributed by atoms with Gasteiger partial charge in [0.15, 0.2) is 11.5 Å². The number of nitriles is 1. The van der Waals surface area contributed by atoms with Gasteiger partial charge in [0.2, 0.25) is 5.75 Å². The number of methoxy groups -OCH3 is 1. The summed E-state index contributed by atoms with van der Waals surface area (Å²) in [5, 5.41) is 19.9. The lowest BCUT2D eigenvalue weighted by molar-refractivity contribution is -0.385. The van der Waals surface area contributed by atoms with Crippen molar-refractivity contribution in [1.29, 1.82) is 5.26 Å². The van der Waals surface area contributed by atoms with Crippen LogP contribution in [0.25, 0.3) is 0 Å². The molecule has 0 heterocycles. The maximum Gasteiger partial charge on any atom is 0.416 e. The van der Waals surface area contributed by atoms with Crippen LogP contribution in [-0.4, -0.2) is 12.0 Å². The molecule has 0 bridgehead atoms. The van der Waals surface area contributed by atoms with Crippen molar-refractivity contribution in [1.82, 2.24) is 0 Å². The van der Waals surface area contributed by atoms with E-state index in [1.165, 1.54) is 19.2 Å². The van der Waals surface area contributed by atoms with Gasteiger partial charge in [0, 0.05) is 12.1 Å². The van der Waals surface area contributed by atoms with Crippen molar-refractivity contribution in [3.05, 3.63) is 56.6 Å². The van der Waals surface area contributed by atoms with Crippen LogP contribution < -0.4 is 9.47 Å². The van der Waals surface area contributed by atoms with Crippen molar-refractivity contribution in [2.24, 2.45) is 0 Å². The van der Waals surface area contributed by atoms with E-state index in [2.05, 4.69) is 0 Å². The summed E-state index contributed by atoms with van der Waals surface area (Å²) in [6, 6.07) is 6.16. The average Bonchev–Trinajstić information content (AvgIpc) is 2.55. The van der Waals surface area contributed by atoms with E-state index in [9.17, 15) is 23.3 Å².